The molecule has 3 N–H and O–H groups in total. The van der Waals surface area contributed by atoms with Crippen LogP contribution in [0, 0.1) is 18.3 Å². The summed E-state index contributed by atoms with van der Waals surface area (Å²) in [4.78, 5) is 2.98. The van der Waals surface area contributed by atoms with Crippen LogP contribution in [0.3, 0.4) is 0 Å². The van der Waals surface area contributed by atoms with Gasteiger partial charge in [-0.15, -0.1) is 0 Å². The van der Waals surface area contributed by atoms with E-state index < -0.39 is 20.0 Å². The molecule has 2 bridgehead atoms. The molecule has 2 saturated heterocycles. The fraction of sp³-hybridized carbons (Fsp3) is 0.348. The van der Waals surface area contributed by atoms with Crippen LogP contribution in [0.4, 0.5) is 5.69 Å². The first-order valence-corrected chi connectivity index (χ1v) is 14.0. The maximum absolute atomic E-state index is 13.0. The molecule has 0 unspecified atom stereocenters. The molecule has 0 amide bonds. The van der Waals surface area contributed by atoms with Crippen molar-refractivity contribution in [2.75, 3.05) is 17.8 Å². The Morgan fingerprint density at radius 2 is 1.74 bits per heavy atom. The number of nitrogens with zero attached hydrogens (tertiary/aromatic N) is 2. The van der Waals surface area contributed by atoms with Gasteiger partial charge in [0.15, 0.2) is 0 Å². The highest BCUT2D eigenvalue weighted by atomic mass is 32.2. The lowest BCUT2D eigenvalue weighted by atomic mass is 10.1. The number of rotatable bonds is 5. The van der Waals surface area contributed by atoms with E-state index in [0.29, 0.717) is 35.2 Å². The number of aromatic nitrogens is 1. The third-order valence-electron chi connectivity index (χ3n) is 6.16. The summed E-state index contributed by atoms with van der Waals surface area (Å²) >= 11 is 0. The van der Waals surface area contributed by atoms with Gasteiger partial charge in [0.1, 0.15) is 6.07 Å². The number of benzene rings is 2. The van der Waals surface area contributed by atoms with Gasteiger partial charge in [0.25, 0.3) is 10.0 Å². The number of hydrogen-bond donors (Lipinski definition) is 3. The molecule has 0 saturated carbocycles. The van der Waals surface area contributed by atoms with Gasteiger partial charge in [-0.2, -0.15) is 9.57 Å². The van der Waals surface area contributed by atoms with Crippen molar-refractivity contribution < 1.29 is 16.8 Å². The number of fused-ring (bicyclic) bond motifs is 3. The highest BCUT2D eigenvalue weighted by molar-refractivity contribution is 7.92. The third kappa shape index (κ3) is 4.07. The van der Waals surface area contributed by atoms with Gasteiger partial charge in [0, 0.05) is 36.8 Å². The summed E-state index contributed by atoms with van der Waals surface area (Å²) in [5.41, 5.74) is 2.10. The first kappa shape index (κ1) is 24.2. The SMILES string of the molecule is CC.Cc1ccc(NS(=O)(=O)c2ccc(S(=O)(=O)N3C[C@H]4C[C@H]3CN4)cc2)c2[nH]cc(C#N)c12. The zero-order valence-corrected chi connectivity index (χ0v) is 20.8. The van der Waals surface area contributed by atoms with E-state index in [1.54, 1.807) is 12.1 Å². The summed E-state index contributed by atoms with van der Waals surface area (Å²) < 4.78 is 56.0. The fourth-order valence-corrected chi connectivity index (χ4v) is 7.29. The lowest BCUT2D eigenvalue weighted by Crippen LogP contribution is -2.46. The normalized spacial score (nSPS) is 20.1. The number of sulfonamides is 2. The molecule has 34 heavy (non-hydrogen) atoms. The molecule has 5 rings (SSSR count). The minimum atomic E-state index is -3.98. The number of piperazine rings is 1. The summed E-state index contributed by atoms with van der Waals surface area (Å²) in [7, 11) is -7.66. The second kappa shape index (κ2) is 9.03. The summed E-state index contributed by atoms with van der Waals surface area (Å²) in [6.07, 6.45) is 2.34. The third-order valence-corrected chi connectivity index (χ3v) is 9.47. The van der Waals surface area contributed by atoms with Crippen molar-refractivity contribution >= 4 is 36.6 Å². The first-order chi connectivity index (χ1) is 16.2. The predicted octanol–water partition coefficient (Wildman–Crippen LogP) is 2.91. The first-order valence-electron chi connectivity index (χ1n) is 11.1. The van der Waals surface area contributed by atoms with Crippen LogP contribution in [-0.4, -0.2) is 51.3 Å². The lowest BCUT2D eigenvalue weighted by Gasteiger charge is -2.26. The lowest BCUT2D eigenvalue weighted by molar-refractivity contribution is 0.349. The van der Waals surface area contributed by atoms with Crippen molar-refractivity contribution in [1.82, 2.24) is 14.6 Å². The van der Waals surface area contributed by atoms with Gasteiger partial charge < -0.3 is 10.3 Å². The predicted molar refractivity (Wildman–Crippen MR) is 130 cm³/mol. The smallest absolute Gasteiger partial charge is 0.261 e. The van der Waals surface area contributed by atoms with E-state index in [0.717, 1.165) is 12.0 Å². The van der Waals surface area contributed by atoms with Crippen molar-refractivity contribution in [3.63, 3.8) is 0 Å². The quantitative estimate of drug-likeness (QED) is 0.492. The standard InChI is InChI=1S/C21H21N5O4S2.C2H6/c1-13-2-7-19(21-20(13)14(9-22)10-24-21)25-31(27,28)17-3-5-18(6-4-17)32(29,30)26-12-15-8-16(26)11-23-15;1-2/h2-7,10,15-16,23-25H,8,11-12H2,1H3;1-2H3/t15-,16+;/m1./s1. The summed E-state index contributed by atoms with van der Waals surface area (Å²) in [5, 5.41) is 13.2. The van der Waals surface area contributed by atoms with E-state index in [-0.39, 0.29) is 21.9 Å². The van der Waals surface area contributed by atoms with Gasteiger partial charge >= 0.3 is 0 Å². The summed E-state index contributed by atoms with van der Waals surface area (Å²) in [6, 6.07) is 10.8. The molecule has 1 aromatic heterocycles. The Morgan fingerprint density at radius 3 is 2.32 bits per heavy atom. The highest BCUT2D eigenvalue weighted by Gasteiger charge is 2.44. The molecule has 2 aliphatic heterocycles. The van der Waals surface area contributed by atoms with Gasteiger partial charge in [-0.25, -0.2) is 16.8 Å². The minimum Gasteiger partial charge on any atom is -0.358 e. The molecular formula is C23H27N5O4S2. The number of H-pyrrole nitrogens is 1. The van der Waals surface area contributed by atoms with Crippen molar-refractivity contribution in [3.05, 3.63) is 53.7 Å². The molecule has 3 heterocycles. The molecule has 0 spiro atoms. The maximum Gasteiger partial charge on any atom is 0.261 e. The van der Waals surface area contributed by atoms with Crippen LogP contribution in [0.2, 0.25) is 0 Å². The Hall–Kier alpha value is -2.91. The van der Waals surface area contributed by atoms with Crippen LogP contribution in [0.15, 0.2) is 52.4 Å². The molecule has 180 valence electrons. The molecule has 0 aliphatic carbocycles. The second-order valence-corrected chi connectivity index (χ2v) is 11.7. The zero-order valence-electron chi connectivity index (χ0n) is 19.2. The summed E-state index contributed by atoms with van der Waals surface area (Å²) in [5.74, 6) is 0. The largest absolute Gasteiger partial charge is 0.358 e. The second-order valence-electron chi connectivity index (χ2n) is 8.14. The molecule has 2 aromatic carbocycles. The number of anilines is 1. The van der Waals surface area contributed by atoms with Gasteiger partial charge in [-0.3, -0.25) is 4.72 Å². The van der Waals surface area contributed by atoms with Crippen LogP contribution >= 0.6 is 0 Å². The van der Waals surface area contributed by atoms with Gasteiger partial charge in [0.2, 0.25) is 10.0 Å². The van der Waals surface area contributed by atoms with Gasteiger partial charge in [-0.05, 0) is 49.2 Å². The number of nitrogens with one attached hydrogen (secondary N) is 3. The summed E-state index contributed by atoms with van der Waals surface area (Å²) in [6.45, 7) is 6.91. The monoisotopic (exact) mass is 501 g/mol. The van der Waals surface area contributed by atoms with E-state index in [1.807, 2.05) is 20.8 Å². The van der Waals surface area contributed by atoms with E-state index in [2.05, 4.69) is 21.1 Å². The maximum atomic E-state index is 13.0. The Labute approximate surface area is 199 Å². The van der Waals surface area contributed by atoms with Crippen LogP contribution in [0.5, 0.6) is 0 Å². The average molecular weight is 502 g/mol. The van der Waals surface area contributed by atoms with Gasteiger partial charge in [-0.1, -0.05) is 19.9 Å². The van der Waals surface area contributed by atoms with Crippen LogP contribution < -0.4 is 10.0 Å². The number of nitriles is 1. The van der Waals surface area contributed by atoms with Crippen LogP contribution in [0.1, 0.15) is 31.4 Å². The molecule has 3 aromatic rings. The number of aromatic amines is 1. The van der Waals surface area contributed by atoms with Gasteiger partial charge in [0.05, 0.1) is 26.6 Å². The zero-order chi connectivity index (χ0) is 24.7. The topological polar surface area (TPSA) is 135 Å². The van der Waals surface area contributed by atoms with Crippen molar-refractivity contribution in [1.29, 1.82) is 5.26 Å². The Kier molecular flexibility index (Phi) is 6.44. The molecule has 9 nitrogen and oxygen atoms in total. The number of hydrogen-bond acceptors (Lipinski definition) is 6. The molecule has 0 radical (unpaired) electrons. The molecule has 2 atom stereocenters. The molecular weight excluding hydrogens is 474 g/mol. The van der Waals surface area contributed by atoms with Crippen LogP contribution in [0.25, 0.3) is 10.9 Å². The van der Waals surface area contributed by atoms with E-state index in [1.165, 1.54) is 34.8 Å². The Morgan fingerprint density at radius 1 is 1.06 bits per heavy atom. The average Bonchev–Trinajstić information content (AvgIpc) is 3.58. The van der Waals surface area contributed by atoms with Crippen LogP contribution in [-0.2, 0) is 20.0 Å². The van der Waals surface area contributed by atoms with E-state index in [4.69, 9.17) is 0 Å². The Bertz CT molecular complexity index is 1470. The highest BCUT2D eigenvalue weighted by Crippen LogP contribution is 2.32. The fourth-order valence-electron chi connectivity index (χ4n) is 4.54. The molecule has 2 fully saturated rings. The van der Waals surface area contributed by atoms with E-state index in [9.17, 15) is 22.1 Å². The van der Waals surface area contributed by atoms with E-state index >= 15 is 0 Å². The van der Waals surface area contributed by atoms with Crippen molar-refractivity contribution in [2.24, 2.45) is 0 Å². The molecule has 11 heteroatoms. The molecule has 2 aliphatic rings. The Balaban J connectivity index is 0.00000133. The number of aryl methyl sites for hydroxylation is 1. The minimum absolute atomic E-state index is 0.0538. The van der Waals surface area contributed by atoms with Crippen molar-refractivity contribution in [3.8, 4) is 6.07 Å². The van der Waals surface area contributed by atoms with Crippen molar-refractivity contribution in [2.45, 2.75) is 49.1 Å².